The smallest absolute Gasteiger partial charge is 0.343 e. The van der Waals surface area contributed by atoms with Crippen LogP contribution in [0.3, 0.4) is 0 Å². The maximum absolute atomic E-state index is 12.2. The van der Waals surface area contributed by atoms with E-state index in [0.717, 1.165) is 19.6 Å². The number of ether oxygens (including phenoxy) is 2. The van der Waals surface area contributed by atoms with E-state index in [0.29, 0.717) is 12.0 Å². The lowest BCUT2D eigenvalue weighted by Gasteiger charge is -2.17. The molecule has 0 unspecified atom stereocenters. The second-order valence-electron chi connectivity index (χ2n) is 5.95. The van der Waals surface area contributed by atoms with Crippen molar-refractivity contribution >= 4 is 24.3 Å². The highest BCUT2D eigenvalue weighted by Gasteiger charge is 2.16. The summed E-state index contributed by atoms with van der Waals surface area (Å²) in [5.74, 6) is -1.25. The van der Waals surface area contributed by atoms with Crippen molar-refractivity contribution in [3.8, 4) is 11.5 Å². The Balaban J connectivity index is 0.00000392. The summed E-state index contributed by atoms with van der Waals surface area (Å²) in [6.07, 6.45) is 0.705. The van der Waals surface area contributed by atoms with Crippen LogP contribution >= 0.6 is 12.4 Å². The highest BCUT2D eigenvalue weighted by Crippen LogP contribution is 2.24. The maximum Gasteiger partial charge on any atom is 0.343 e. The summed E-state index contributed by atoms with van der Waals surface area (Å²) in [6.45, 7) is 7.13. The molecule has 28 heavy (non-hydrogen) atoms. The van der Waals surface area contributed by atoms with Gasteiger partial charge in [0, 0.05) is 6.54 Å². The fourth-order valence-electron chi connectivity index (χ4n) is 2.55. The highest BCUT2D eigenvalue weighted by atomic mass is 35.5. The SMILES string of the molecule is CCN(CC)CCCOC(=O)c1cc(OC(=O)c2ccccc2)ccc1O.Cl. The van der Waals surface area contributed by atoms with Gasteiger partial charge in [0.1, 0.15) is 17.1 Å². The minimum atomic E-state index is -0.648. The quantitative estimate of drug-likeness (QED) is 0.385. The largest absolute Gasteiger partial charge is 0.507 e. The number of hydrogen-bond donors (Lipinski definition) is 1. The molecule has 6 nitrogen and oxygen atoms in total. The Labute approximate surface area is 171 Å². The molecular weight excluding hydrogens is 382 g/mol. The second-order valence-corrected chi connectivity index (χ2v) is 5.95. The number of nitrogens with zero attached hydrogens (tertiary/aromatic N) is 1. The first-order chi connectivity index (χ1) is 13.0. The molecule has 0 spiro atoms. The van der Waals surface area contributed by atoms with Crippen LogP contribution in [-0.4, -0.2) is 48.2 Å². The van der Waals surface area contributed by atoms with Crippen LogP contribution in [0.15, 0.2) is 48.5 Å². The minimum absolute atomic E-state index is 0. The molecule has 2 aromatic carbocycles. The van der Waals surface area contributed by atoms with E-state index in [1.807, 2.05) is 0 Å². The summed E-state index contributed by atoms with van der Waals surface area (Å²) >= 11 is 0. The number of hydrogen-bond acceptors (Lipinski definition) is 6. The predicted molar refractivity (Wildman–Crippen MR) is 109 cm³/mol. The fraction of sp³-hybridized carbons (Fsp3) is 0.333. The molecule has 152 valence electrons. The maximum atomic E-state index is 12.2. The van der Waals surface area contributed by atoms with E-state index < -0.39 is 11.9 Å². The standard InChI is InChI=1S/C21H25NO5.ClH/c1-3-22(4-2)13-8-14-26-21(25)18-15-17(11-12-19(18)23)27-20(24)16-9-6-5-7-10-16;/h5-7,9-12,15,23H,3-4,8,13-14H2,1-2H3;1H. The van der Waals surface area contributed by atoms with Crippen LogP contribution in [0.4, 0.5) is 0 Å². The number of rotatable bonds is 9. The molecule has 0 amide bonds. The Morgan fingerprint density at radius 1 is 1.00 bits per heavy atom. The van der Waals surface area contributed by atoms with Crippen LogP contribution in [0.1, 0.15) is 41.0 Å². The van der Waals surface area contributed by atoms with Crippen molar-refractivity contribution in [3.05, 3.63) is 59.7 Å². The summed E-state index contributed by atoms with van der Waals surface area (Å²) < 4.78 is 10.5. The van der Waals surface area contributed by atoms with Gasteiger partial charge in [0.25, 0.3) is 0 Å². The topological polar surface area (TPSA) is 76.1 Å². The van der Waals surface area contributed by atoms with Gasteiger partial charge in [-0.2, -0.15) is 0 Å². The summed E-state index contributed by atoms with van der Waals surface area (Å²) in [6, 6.07) is 12.6. The zero-order valence-corrected chi connectivity index (χ0v) is 16.9. The van der Waals surface area contributed by atoms with Crippen molar-refractivity contribution in [2.24, 2.45) is 0 Å². The third kappa shape index (κ3) is 6.87. The van der Waals surface area contributed by atoms with Crippen LogP contribution < -0.4 is 4.74 Å². The van der Waals surface area contributed by atoms with Crippen molar-refractivity contribution in [2.45, 2.75) is 20.3 Å². The van der Waals surface area contributed by atoms with E-state index in [4.69, 9.17) is 9.47 Å². The molecule has 0 aliphatic carbocycles. The monoisotopic (exact) mass is 407 g/mol. The Morgan fingerprint density at radius 2 is 1.68 bits per heavy atom. The third-order valence-electron chi connectivity index (χ3n) is 4.15. The molecule has 0 fully saturated rings. The summed E-state index contributed by atoms with van der Waals surface area (Å²) in [5.41, 5.74) is 0.363. The van der Waals surface area contributed by atoms with Crippen LogP contribution in [0.5, 0.6) is 11.5 Å². The Bertz CT molecular complexity index is 763. The van der Waals surface area contributed by atoms with Crippen molar-refractivity contribution in [2.75, 3.05) is 26.2 Å². The van der Waals surface area contributed by atoms with Gasteiger partial charge in [-0.15, -0.1) is 12.4 Å². The van der Waals surface area contributed by atoms with Gasteiger partial charge in [-0.05, 0) is 49.8 Å². The molecule has 2 rings (SSSR count). The summed E-state index contributed by atoms with van der Waals surface area (Å²) in [7, 11) is 0. The summed E-state index contributed by atoms with van der Waals surface area (Å²) in [4.78, 5) is 26.6. The molecule has 0 heterocycles. The lowest BCUT2D eigenvalue weighted by molar-refractivity contribution is 0.0484. The first kappa shape index (κ1) is 23.5. The Hall–Kier alpha value is -2.57. The first-order valence-electron chi connectivity index (χ1n) is 9.04. The van der Waals surface area contributed by atoms with Crippen molar-refractivity contribution in [3.63, 3.8) is 0 Å². The van der Waals surface area contributed by atoms with Gasteiger partial charge < -0.3 is 19.5 Å². The van der Waals surface area contributed by atoms with E-state index in [1.54, 1.807) is 30.3 Å². The Kier molecular flexibility index (Phi) is 10.1. The van der Waals surface area contributed by atoms with Crippen LogP contribution in [-0.2, 0) is 4.74 Å². The Morgan fingerprint density at radius 3 is 2.32 bits per heavy atom. The lowest BCUT2D eigenvalue weighted by atomic mass is 10.2. The van der Waals surface area contributed by atoms with Gasteiger partial charge in [0.05, 0.1) is 12.2 Å². The third-order valence-corrected chi connectivity index (χ3v) is 4.15. The summed E-state index contributed by atoms with van der Waals surface area (Å²) in [5, 5.41) is 9.93. The molecule has 1 N–H and O–H groups in total. The molecular formula is C21H26ClNO5. The number of esters is 2. The van der Waals surface area contributed by atoms with Crippen LogP contribution in [0.25, 0.3) is 0 Å². The second kappa shape index (κ2) is 12.0. The molecule has 0 aliphatic rings. The molecule has 0 atom stereocenters. The van der Waals surface area contributed by atoms with Gasteiger partial charge in [0.2, 0.25) is 0 Å². The van der Waals surface area contributed by atoms with Gasteiger partial charge in [-0.3, -0.25) is 0 Å². The average Bonchev–Trinajstić information content (AvgIpc) is 2.70. The van der Waals surface area contributed by atoms with Crippen molar-refractivity contribution < 1.29 is 24.2 Å². The molecule has 0 bridgehead atoms. The molecule has 7 heteroatoms. The minimum Gasteiger partial charge on any atom is -0.507 e. The van der Waals surface area contributed by atoms with Crippen molar-refractivity contribution in [1.29, 1.82) is 0 Å². The van der Waals surface area contributed by atoms with Crippen molar-refractivity contribution in [1.82, 2.24) is 4.90 Å². The number of phenolic OH excluding ortho intramolecular Hbond substituents is 1. The zero-order chi connectivity index (χ0) is 19.6. The van der Waals surface area contributed by atoms with Gasteiger partial charge in [-0.1, -0.05) is 32.0 Å². The molecule has 0 aromatic heterocycles. The van der Waals surface area contributed by atoms with Crippen LogP contribution in [0, 0.1) is 0 Å². The van der Waals surface area contributed by atoms with Crippen LogP contribution in [0.2, 0.25) is 0 Å². The van der Waals surface area contributed by atoms with Gasteiger partial charge in [-0.25, -0.2) is 9.59 Å². The van der Waals surface area contributed by atoms with Gasteiger partial charge in [0.15, 0.2) is 0 Å². The lowest BCUT2D eigenvalue weighted by Crippen LogP contribution is -2.25. The number of benzene rings is 2. The molecule has 2 aromatic rings. The average molecular weight is 408 g/mol. The number of aromatic hydroxyl groups is 1. The van der Waals surface area contributed by atoms with E-state index in [-0.39, 0.29) is 36.1 Å². The van der Waals surface area contributed by atoms with E-state index in [2.05, 4.69) is 18.7 Å². The first-order valence-corrected chi connectivity index (χ1v) is 9.04. The normalized spacial score (nSPS) is 10.2. The molecule has 0 saturated heterocycles. The fourth-order valence-corrected chi connectivity index (χ4v) is 2.55. The number of phenols is 1. The van der Waals surface area contributed by atoms with E-state index >= 15 is 0 Å². The predicted octanol–water partition coefficient (Wildman–Crippen LogP) is 3.92. The highest BCUT2D eigenvalue weighted by molar-refractivity contribution is 5.94. The number of carbonyl (C=O) groups excluding carboxylic acids is 2. The molecule has 0 aliphatic heterocycles. The number of carbonyl (C=O) groups is 2. The molecule has 0 saturated carbocycles. The van der Waals surface area contributed by atoms with Gasteiger partial charge >= 0.3 is 11.9 Å². The van der Waals surface area contributed by atoms with E-state index in [1.165, 1.54) is 18.2 Å². The molecule has 0 radical (unpaired) electrons. The van der Waals surface area contributed by atoms with E-state index in [9.17, 15) is 14.7 Å². The zero-order valence-electron chi connectivity index (χ0n) is 16.1. The number of halogens is 1.